The average molecular weight is 363 g/mol. The van der Waals surface area contributed by atoms with Gasteiger partial charge in [-0.25, -0.2) is 0 Å². The summed E-state index contributed by atoms with van der Waals surface area (Å²) < 4.78 is 1.19. The molecule has 0 bridgehead atoms. The first-order chi connectivity index (χ1) is 9.15. The second kappa shape index (κ2) is 6.52. The van der Waals surface area contributed by atoms with Crippen molar-refractivity contribution in [1.29, 1.82) is 0 Å². The number of rotatable bonds is 4. The van der Waals surface area contributed by atoms with Crippen molar-refractivity contribution in [3.05, 3.63) is 75.5 Å². The number of halogens is 1. The minimum atomic E-state index is 0.0103. The van der Waals surface area contributed by atoms with E-state index in [-0.39, 0.29) is 5.78 Å². The van der Waals surface area contributed by atoms with E-state index in [1.54, 1.807) is 6.08 Å². The molecule has 2 aromatic rings. The third-order valence-corrected chi connectivity index (χ3v) is 3.31. The van der Waals surface area contributed by atoms with Gasteiger partial charge >= 0.3 is 0 Å². The summed E-state index contributed by atoms with van der Waals surface area (Å²) in [7, 11) is 0. The highest BCUT2D eigenvalue weighted by Crippen LogP contribution is 2.13. The molecule has 0 spiro atoms. The van der Waals surface area contributed by atoms with Gasteiger partial charge in [0.15, 0.2) is 5.78 Å². The van der Waals surface area contributed by atoms with Crippen LogP contribution in [-0.2, 0) is 0 Å². The van der Waals surface area contributed by atoms with Crippen LogP contribution in [0.1, 0.15) is 17.3 Å². The molecule has 0 saturated heterocycles. The Kier molecular flexibility index (Phi) is 4.74. The first kappa shape index (κ1) is 13.8. The minimum absolute atomic E-state index is 0.0103. The third kappa shape index (κ3) is 4.21. The molecule has 0 unspecified atom stereocenters. The van der Waals surface area contributed by atoms with Gasteiger partial charge in [-0.05, 0) is 53.8 Å². The van der Waals surface area contributed by atoms with Gasteiger partial charge in [-0.3, -0.25) is 4.79 Å². The van der Waals surface area contributed by atoms with E-state index in [0.29, 0.717) is 5.56 Å². The summed E-state index contributed by atoms with van der Waals surface area (Å²) in [6.45, 7) is 1.89. The molecule has 2 nitrogen and oxygen atoms in total. The Bertz CT molecular complexity index is 588. The molecule has 1 N–H and O–H groups in total. The Balaban J connectivity index is 2.07. The summed E-state index contributed by atoms with van der Waals surface area (Å²) in [4.78, 5) is 12.0. The molecule has 2 aromatic carbocycles. The van der Waals surface area contributed by atoms with Gasteiger partial charge in [-0.2, -0.15) is 0 Å². The van der Waals surface area contributed by atoms with E-state index >= 15 is 0 Å². The molecule has 0 aromatic heterocycles. The number of hydrogen-bond acceptors (Lipinski definition) is 2. The highest BCUT2D eigenvalue weighted by atomic mass is 127. The van der Waals surface area contributed by atoms with Gasteiger partial charge in [0.1, 0.15) is 0 Å². The SMILES string of the molecule is CC(=CC(=O)c1ccccc1)Nc1ccc(I)cc1. The zero-order valence-corrected chi connectivity index (χ0v) is 12.7. The lowest BCUT2D eigenvalue weighted by molar-refractivity contribution is 0.104. The molecule has 2 rings (SSSR count). The Labute approximate surface area is 126 Å². The lowest BCUT2D eigenvalue weighted by atomic mass is 10.1. The molecule has 0 radical (unpaired) electrons. The van der Waals surface area contributed by atoms with Crippen molar-refractivity contribution in [2.24, 2.45) is 0 Å². The van der Waals surface area contributed by atoms with Crippen LogP contribution in [0.4, 0.5) is 5.69 Å². The molecule has 0 aliphatic rings. The van der Waals surface area contributed by atoms with E-state index < -0.39 is 0 Å². The lowest BCUT2D eigenvalue weighted by Crippen LogP contribution is -2.01. The van der Waals surface area contributed by atoms with E-state index in [2.05, 4.69) is 27.9 Å². The summed E-state index contributed by atoms with van der Waals surface area (Å²) in [5.41, 5.74) is 2.51. The molecule has 0 atom stereocenters. The normalized spacial score (nSPS) is 11.2. The summed E-state index contributed by atoms with van der Waals surface area (Å²) in [6, 6.07) is 17.3. The molecular weight excluding hydrogens is 349 g/mol. The van der Waals surface area contributed by atoms with Gasteiger partial charge in [0.25, 0.3) is 0 Å². The third-order valence-electron chi connectivity index (χ3n) is 2.59. The number of carbonyl (C=O) groups excluding carboxylic acids is 1. The number of allylic oxidation sites excluding steroid dienone is 2. The molecular formula is C16H14INO. The van der Waals surface area contributed by atoms with E-state index in [1.807, 2.05) is 61.5 Å². The fourth-order valence-electron chi connectivity index (χ4n) is 1.68. The zero-order chi connectivity index (χ0) is 13.7. The van der Waals surface area contributed by atoms with Crippen LogP contribution in [0, 0.1) is 3.57 Å². The number of anilines is 1. The number of carbonyl (C=O) groups is 1. The van der Waals surface area contributed by atoms with Crippen molar-refractivity contribution >= 4 is 34.1 Å². The highest BCUT2D eigenvalue weighted by Gasteiger charge is 2.02. The fraction of sp³-hybridized carbons (Fsp3) is 0.0625. The maximum Gasteiger partial charge on any atom is 0.187 e. The molecule has 96 valence electrons. The molecule has 0 aliphatic carbocycles. The maximum absolute atomic E-state index is 12.0. The maximum atomic E-state index is 12.0. The largest absolute Gasteiger partial charge is 0.359 e. The Hall–Kier alpha value is -1.62. The van der Waals surface area contributed by atoms with E-state index in [1.165, 1.54) is 3.57 Å². The van der Waals surface area contributed by atoms with Crippen LogP contribution in [0.3, 0.4) is 0 Å². The van der Waals surface area contributed by atoms with Crippen LogP contribution in [0.15, 0.2) is 66.4 Å². The molecule has 3 heteroatoms. The smallest absolute Gasteiger partial charge is 0.187 e. The van der Waals surface area contributed by atoms with Gasteiger partial charge in [-0.1, -0.05) is 30.3 Å². The number of benzene rings is 2. The van der Waals surface area contributed by atoms with Crippen molar-refractivity contribution < 1.29 is 4.79 Å². The first-order valence-corrected chi connectivity index (χ1v) is 7.03. The molecule has 19 heavy (non-hydrogen) atoms. The molecule has 0 fully saturated rings. The monoisotopic (exact) mass is 363 g/mol. The van der Waals surface area contributed by atoms with Gasteiger partial charge in [0.05, 0.1) is 0 Å². The first-order valence-electron chi connectivity index (χ1n) is 5.95. The van der Waals surface area contributed by atoms with Crippen molar-refractivity contribution in [2.45, 2.75) is 6.92 Å². The second-order valence-electron chi connectivity index (χ2n) is 4.19. The van der Waals surface area contributed by atoms with Crippen LogP contribution in [0.5, 0.6) is 0 Å². The zero-order valence-electron chi connectivity index (χ0n) is 10.6. The van der Waals surface area contributed by atoms with Crippen LogP contribution in [0.25, 0.3) is 0 Å². The summed E-state index contributed by atoms with van der Waals surface area (Å²) in [5.74, 6) is 0.0103. The molecule has 0 heterocycles. The van der Waals surface area contributed by atoms with Gasteiger partial charge in [0, 0.05) is 26.6 Å². The lowest BCUT2D eigenvalue weighted by Gasteiger charge is -2.06. The highest BCUT2D eigenvalue weighted by molar-refractivity contribution is 14.1. The Morgan fingerprint density at radius 1 is 1.05 bits per heavy atom. The summed E-state index contributed by atoms with van der Waals surface area (Å²) in [5, 5.41) is 3.21. The Morgan fingerprint density at radius 2 is 1.68 bits per heavy atom. The van der Waals surface area contributed by atoms with E-state index in [0.717, 1.165) is 11.4 Å². The number of nitrogens with one attached hydrogen (secondary N) is 1. The number of ketones is 1. The molecule has 0 amide bonds. The molecule has 0 aliphatic heterocycles. The van der Waals surface area contributed by atoms with Crippen molar-refractivity contribution in [2.75, 3.05) is 5.32 Å². The topological polar surface area (TPSA) is 29.1 Å². The van der Waals surface area contributed by atoms with Gasteiger partial charge in [0.2, 0.25) is 0 Å². The number of hydrogen-bond donors (Lipinski definition) is 1. The summed E-state index contributed by atoms with van der Waals surface area (Å²) in [6.07, 6.45) is 1.62. The van der Waals surface area contributed by atoms with Crippen LogP contribution >= 0.6 is 22.6 Å². The van der Waals surface area contributed by atoms with Crippen molar-refractivity contribution in [3.8, 4) is 0 Å². The predicted molar refractivity (Wildman–Crippen MR) is 87.3 cm³/mol. The van der Waals surface area contributed by atoms with Gasteiger partial charge in [-0.15, -0.1) is 0 Å². The minimum Gasteiger partial charge on any atom is -0.359 e. The van der Waals surface area contributed by atoms with Crippen molar-refractivity contribution in [1.82, 2.24) is 0 Å². The molecule has 0 saturated carbocycles. The Morgan fingerprint density at radius 3 is 2.32 bits per heavy atom. The quantitative estimate of drug-likeness (QED) is 0.493. The second-order valence-corrected chi connectivity index (χ2v) is 5.44. The van der Waals surface area contributed by atoms with Crippen LogP contribution in [0.2, 0.25) is 0 Å². The predicted octanol–water partition coefficient (Wildman–Crippen LogP) is 4.49. The summed E-state index contributed by atoms with van der Waals surface area (Å²) >= 11 is 2.26. The fourth-order valence-corrected chi connectivity index (χ4v) is 2.04. The van der Waals surface area contributed by atoms with E-state index in [4.69, 9.17) is 0 Å². The van der Waals surface area contributed by atoms with E-state index in [9.17, 15) is 4.79 Å². The van der Waals surface area contributed by atoms with Crippen LogP contribution in [-0.4, -0.2) is 5.78 Å². The van der Waals surface area contributed by atoms with Gasteiger partial charge < -0.3 is 5.32 Å². The standard InChI is InChI=1S/C16H14INO/c1-12(18-15-9-7-14(17)8-10-15)11-16(19)13-5-3-2-4-6-13/h2-11,18H,1H3. The van der Waals surface area contributed by atoms with Crippen molar-refractivity contribution in [3.63, 3.8) is 0 Å². The average Bonchev–Trinajstić information content (AvgIpc) is 2.42. The van der Waals surface area contributed by atoms with Crippen LogP contribution < -0.4 is 5.32 Å².